The summed E-state index contributed by atoms with van der Waals surface area (Å²) in [6, 6.07) is 0. The fraction of sp³-hybridized carbons (Fsp3) is 1.00. The van der Waals surface area contributed by atoms with Crippen molar-refractivity contribution < 1.29 is 0 Å². The predicted molar refractivity (Wildman–Crippen MR) is 73.9 cm³/mol. The van der Waals surface area contributed by atoms with Crippen LogP contribution >= 0.6 is 0 Å². The molecular weight excluding hydrogens is 208 g/mol. The Balaban J connectivity index is 2.19. The molecule has 2 rings (SSSR count). The maximum atomic E-state index is 6.21. The summed E-state index contributed by atoms with van der Waals surface area (Å²) < 4.78 is 0. The molecule has 2 fully saturated rings. The van der Waals surface area contributed by atoms with Crippen LogP contribution in [0.5, 0.6) is 0 Å². The van der Waals surface area contributed by atoms with Crippen LogP contribution in [0.2, 0.25) is 0 Å². The van der Waals surface area contributed by atoms with Gasteiger partial charge < -0.3 is 5.73 Å². The number of piperidine rings is 1. The highest BCUT2D eigenvalue weighted by Gasteiger charge is 2.51. The number of rotatable bonds is 2. The molecule has 0 aromatic rings. The van der Waals surface area contributed by atoms with Crippen LogP contribution in [0.4, 0.5) is 0 Å². The van der Waals surface area contributed by atoms with Crippen molar-refractivity contribution >= 4 is 0 Å². The van der Waals surface area contributed by atoms with E-state index in [9.17, 15) is 0 Å². The molecule has 1 aliphatic carbocycles. The summed E-state index contributed by atoms with van der Waals surface area (Å²) >= 11 is 0. The van der Waals surface area contributed by atoms with Crippen LogP contribution in [-0.2, 0) is 0 Å². The van der Waals surface area contributed by atoms with Crippen LogP contribution in [0.15, 0.2) is 0 Å². The van der Waals surface area contributed by atoms with Crippen molar-refractivity contribution in [1.82, 2.24) is 4.90 Å². The van der Waals surface area contributed by atoms with E-state index >= 15 is 0 Å². The molecule has 0 aromatic carbocycles. The zero-order valence-corrected chi connectivity index (χ0v) is 12.1. The van der Waals surface area contributed by atoms with E-state index < -0.39 is 0 Å². The second kappa shape index (κ2) is 4.55. The summed E-state index contributed by atoms with van der Waals surface area (Å²) in [5, 5.41) is 0. The zero-order chi connectivity index (χ0) is 12.7. The standard InChI is InChI=1S/C15H30N2/c1-12-6-5-7-17(9-12)15(11-16)10-14(3,4)8-13(15)2/h12-13H,5-11,16H2,1-4H3. The van der Waals surface area contributed by atoms with Crippen molar-refractivity contribution in [2.45, 2.75) is 58.9 Å². The highest BCUT2D eigenvalue weighted by molar-refractivity contribution is 5.06. The van der Waals surface area contributed by atoms with Gasteiger partial charge in [0.2, 0.25) is 0 Å². The Morgan fingerprint density at radius 3 is 2.47 bits per heavy atom. The molecule has 17 heavy (non-hydrogen) atoms. The third-order valence-electron chi connectivity index (χ3n) is 5.20. The van der Waals surface area contributed by atoms with Gasteiger partial charge in [-0.2, -0.15) is 0 Å². The van der Waals surface area contributed by atoms with Gasteiger partial charge in [-0.25, -0.2) is 0 Å². The molecule has 2 N–H and O–H groups in total. The molecule has 1 heterocycles. The van der Waals surface area contributed by atoms with E-state index in [0.29, 0.717) is 5.41 Å². The second-order valence-electron chi connectivity index (χ2n) is 7.45. The fourth-order valence-corrected chi connectivity index (χ4v) is 4.51. The number of nitrogens with zero attached hydrogens (tertiary/aromatic N) is 1. The first-order valence-corrected chi connectivity index (χ1v) is 7.35. The van der Waals surface area contributed by atoms with E-state index in [1.165, 1.54) is 38.8 Å². The first-order valence-electron chi connectivity index (χ1n) is 7.35. The second-order valence-corrected chi connectivity index (χ2v) is 7.45. The Labute approximate surface area is 107 Å². The Bertz CT molecular complexity index is 274. The van der Waals surface area contributed by atoms with E-state index in [4.69, 9.17) is 5.73 Å². The van der Waals surface area contributed by atoms with Crippen molar-refractivity contribution in [3.8, 4) is 0 Å². The van der Waals surface area contributed by atoms with Gasteiger partial charge in [0.25, 0.3) is 0 Å². The predicted octanol–water partition coefficient (Wildman–Crippen LogP) is 2.87. The van der Waals surface area contributed by atoms with Gasteiger partial charge in [-0.1, -0.05) is 27.7 Å². The quantitative estimate of drug-likeness (QED) is 0.801. The van der Waals surface area contributed by atoms with E-state index in [2.05, 4.69) is 32.6 Å². The molecular formula is C15H30N2. The van der Waals surface area contributed by atoms with Crippen molar-refractivity contribution in [3.63, 3.8) is 0 Å². The minimum Gasteiger partial charge on any atom is -0.329 e. The first-order chi connectivity index (χ1) is 7.89. The van der Waals surface area contributed by atoms with Crippen molar-refractivity contribution in [1.29, 1.82) is 0 Å². The summed E-state index contributed by atoms with van der Waals surface area (Å²) in [7, 11) is 0. The molecule has 1 saturated heterocycles. The molecule has 0 bridgehead atoms. The zero-order valence-electron chi connectivity index (χ0n) is 12.1. The molecule has 2 heteroatoms. The maximum absolute atomic E-state index is 6.21. The van der Waals surface area contributed by atoms with Gasteiger partial charge in [-0.3, -0.25) is 4.90 Å². The lowest BCUT2D eigenvalue weighted by molar-refractivity contribution is 0.0241. The van der Waals surface area contributed by atoms with E-state index in [-0.39, 0.29) is 5.54 Å². The minimum absolute atomic E-state index is 0.290. The largest absolute Gasteiger partial charge is 0.329 e. The molecule has 2 aliphatic rings. The number of hydrogen-bond acceptors (Lipinski definition) is 2. The summed E-state index contributed by atoms with van der Waals surface area (Å²) in [6.07, 6.45) is 5.37. The summed E-state index contributed by atoms with van der Waals surface area (Å²) in [5.74, 6) is 1.59. The number of likely N-dealkylation sites (tertiary alicyclic amines) is 1. The molecule has 3 unspecified atom stereocenters. The molecule has 3 atom stereocenters. The summed E-state index contributed by atoms with van der Waals surface area (Å²) in [5.41, 5.74) is 6.98. The van der Waals surface area contributed by atoms with Gasteiger partial charge >= 0.3 is 0 Å². The number of nitrogens with two attached hydrogens (primary N) is 1. The van der Waals surface area contributed by atoms with Gasteiger partial charge in [0.15, 0.2) is 0 Å². The maximum Gasteiger partial charge on any atom is 0.0362 e. The van der Waals surface area contributed by atoms with Crippen molar-refractivity contribution in [2.75, 3.05) is 19.6 Å². The van der Waals surface area contributed by atoms with E-state index in [1.807, 2.05) is 0 Å². The van der Waals surface area contributed by atoms with Crippen LogP contribution < -0.4 is 5.73 Å². The molecule has 0 radical (unpaired) electrons. The third-order valence-corrected chi connectivity index (χ3v) is 5.20. The monoisotopic (exact) mass is 238 g/mol. The van der Waals surface area contributed by atoms with Gasteiger partial charge in [0.1, 0.15) is 0 Å². The Morgan fingerprint density at radius 2 is 2.00 bits per heavy atom. The average Bonchev–Trinajstić information content (AvgIpc) is 2.49. The lowest BCUT2D eigenvalue weighted by atomic mass is 9.82. The van der Waals surface area contributed by atoms with Crippen LogP contribution in [-0.4, -0.2) is 30.1 Å². The normalized spacial score (nSPS) is 42.9. The SMILES string of the molecule is CC1CCCN(C2(CN)CC(C)(C)CC2C)C1. The highest BCUT2D eigenvalue weighted by Crippen LogP contribution is 2.50. The lowest BCUT2D eigenvalue weighted by Gasteiger charge is -2.48. The van der Waals surface area contributed by atoms with Crippen LogP contribution in [0.3, 0.4) is 0 Å². The molecule has 0 amide bonds. The molecule has 0 aromatic heterocycles. The molecule has 1 aliphatic heterocycles. The van der Waals surface area contributed by atoms with Crippen molar-refractivity contribution in [3.05, 3.63) is 0 Å². The smallest absolute Gasteiger partial charge is 0.0362 e. The van der Waals surface area contributed by atoms with E-state index in [1.54, 1.807) is 0 Å². The Morgan fingerprint density at radius 1 is 1.29 bits per heavy atom. The Hall–Kier alpha value is -0.0800. The average molecular weight is 238 g/mol. The lowest BCUT2D eigenvalue weighted by Crippen LogP contribution is -2.58. The third kappa shape index (κ3) is 2.39. The Kier molecular flexibility index (Phi) is 3.57. The minimum atomic E-state index is 0.290. The summed E-state index contributed by atoms with van der Waals surface area (Å²) in [6.45, 7) is 13.0. The van der Waals surface area contributed by atoms with Crippen LogP contribution in [0.1, 0.15) is 53.4 Å². The van der Waals surface area contributed by atoms with Gasteiger partial charge in [0, 0.05) is 18.6 Å². The number of hydrogen-bond donors (Lipinski definition) is 1. The van der Waals surface area contributed by atoms with Gasteiger partial charge in [-0.05, 0) is 49.5 Å². The van der Waals surface area contributed by atoms with Crippen molar-refractivity contribution in [2.24, 2.45) is 23.0 Å². The van der Waals surface area contributed by atoms with Crippen LogP contribution in [0, 0.1) is 17.3 Å². The van der Waals surface area contributed by atoms with Gasteiger partial charge in [-0.15, -0.1) is 0 Å². The summed E-state index contributed by atoms with van der Waals surface area (Å²) in [4.78, 5) is 2.74. The first kappa shape index (κ1) is 13.4. The van der Waals surface area contributed by atoms with E-state index in [0.717, 1.165) is 18.4 Å². The molecule has 2 nitrogen and oxygen atoms in total. The molecule has 100 valence electrons. The topological polar surface area (TPSA) is 29.3 Å². The molecule has 0 spiro atoms. The molecule has 1 saturated carbocycles. The van der Waals surface area contributed by atoms with Gasteiger partial charge in [0.05, 0.1) is 0 Å². The van der Waals surface area contributed by atoms with Crippen LogP contribution in [0.25, 0.3) is 0 Å². The fourth-order valence-electron chi connectivity index (χ4n) is 4.51. The highest BCUT2D eigenvalue weighted by atomic mass is 15.2.